The minimum Gasteiger partial charge on any atom is -0.303 e. The van der Waals surface area contributed by atoms with Gasteiger partial charge in [0, 0.05) is 31.4 Å². The Labute approximate surface area is 116 Å². The second-order valence-electron chi connectivity index (χ2n) is 4.58. The van der Waals surface area contributed by atoms with Gasteiger partial charge in [-0.15, -0.1) is 0 Å². The standard InChI is InChI=1S/C14H25N5/c1-4-8-19-12-13(11-17-19)14(10-15)16-7-9-18(5-2)6-3/h11-12,14,16H,4-9H2,1-3H3. The van der Waals surface area contributed by atoms with Crippen molar-refractivity contribution >= 4 is 0 Å². The van der Waals surface area contributed by atoms with Gasteiger partial charge in [0.1, 0.15) is 6.04 Å². The lowest BCUT2D eigenvalue weighted by Gasteiger charge is -2.19. The molecule has 1 aromatic heterocycles. The Hall–Kier alpha value is -1.38. The van der Waals surface area contributed by atoms with Crippen molar-refractivity contribution in [3.05, 3.63) is 18.0 Å². The molecule has 1 unspecified atom stereocenters. The van der Waals surface area contributed by atoms with Gasteiger partial charge in [0.25, 0.3) is 0 Å². The van der Waals surface area contributed by atoms with Gasteiger partial charge >= 0.3 is 0 Å². The van der Waals surface area contributed by atoms with Gasteiger partial charge in [-0.1, -0.05) is 20.8 Å². The Balaban J connectivity index is 2.46. The molecule has 0 aliphatic carbocycles. The number of likely N-dealkylation sites (N-methyl/N-ethyl adjacent to an activating group) is 1. The summed E-state index contributed by atoms with van der Waals surface area (Å²) in [6, 6.07) is 2.04. The zero-order valence-corrected chi connectivity index (χ0v) is 12.3. The lowest BCUT2D eigenvalue weighted by Crippen LogP contribution is -2.33. The van der Waals surface area contributed by atoms with E-state index in [1.807, 2.05) is 10.9 Å². The van der Waals surface area contributed by atoms with Gasteiger partial charge in [-0.3, -0.25) is 10.00 Å². The first-order valence-electron chi connectivity index (χ1n) is 7.12. The van der Waals surface area contributed by atoms with Crippen LogP contribution in [0.25, 0.3) is 0 Å². The Bertz CT molecular complexity index is 389. The van der Waals surface area contributed by atoms with Crippen LogP contribution in [0.15, 0.2) is 12.4 Å². The van der Waals surface area contributed by atoms with Crippen LogP contribution >= 0.6 is 0 Å². The van der Waals surface area contributed by atoms with E-state index >= 15 is 0 Å². The smallest absolute Gasteiger partial charge is 0.124 e. The Morgan fingerprint density at radius 2 is 2.16 bits per heavy atom. The van der Waals surface area contributed by atoms with Gasteiger partial charge in [-0.05, 0) is 19.5 Å². The van der Waals surface area contributed by atoms with Crippen molar-refractivity contribution in [2.24, 2.45) is 0 Å². The predicted octanol–water partition coefficient (Wildman–Crippen LogP) is 1.79. The first-order chi connectivity index (χ1) is 9.24. The average molecular weight is 263 g/mol. The zero-order valence-electron chi connectivity index (χ0n) is 12.3. The highest BCUT2D eigenvalue weighted by Gasteiger charge is 2.12. The van der Waals surface area contributed by atoms with E-state index in [0.717, 1.165) is 44.7 Å². The van der Waals surface area contributed by atoms with Gasteiger partial charge in [-0.2, -0.15) is 10.4 Å². The van der Waals surface area contributed by atoms with E-state index in [1.165, 1.54) is 0 Å². The van der Waals surface area contributed by atoms with Crippen molar-refractivity contribution in [3.8, 4) is 6.07 Å². The Morgan fingerprint density at radius 1 is 1.42 bits per heavy atom. The molecule has 0 aliphatic rings. The van der Waals surface area contributed by atoms with Crippen molar-refractivity contribution in [1.82, 2.24) is 20.0 Å². The number of hydrogen-bond acceptors (Lipinski definition) is 4. The molecule has 0 bridgehead atoms. The summed E-state index contributed by atoms with van der Waals surface area (Å²) in [7, 11) is 0. The fraction of sp³-hybridized carbons (Fsp3) is 0.714. The third-order valence-corrected chi connectivity index (χ3v) is 3.24. The first kappa shape index (κ1) is 15.7. The highest BCUT2D eigenvalue weighted by atomic mass is 15.3. The van der Waals surface area contributed by atoms with Gasteiger partial charge < -0.3 is 4.90 Å². The molecule has 19 heavy (non-hydrogen) atoms. The molecule has 5 nitrogen and oxygen atoms in total. The number of nitrogens with zero attached hydrogens (tertiary/aromatic N) is 4. The van der Waals surface area contributed by atoms with E-state index in [4.69, 9.17) is 0 Å². The second kappa shape index (κ2) is 8.68. The van der Waals surface area contributed by atoms with Crippen molar-refractivity contribution in [1.29, 1.82) is 5.26 Å². The molecule has 0 saturated carbocycles. The average Bonchev–Trinajstić information content (AvgIpc) is 2.88. The van der Waals surface area contributed by atoms with Crippen LogP contribution in [0.4, 0.5) is 0 Å². The molecule has 1 heterocycles. The van der Waals surface area contributed by atoms with Crippen LogP contribution in [0.3, 0.4) is 0 Å². The summed E-state index contributed by atoms with van der Waals surface area (Å²) in [5.74, 6) is 0. The molecule has 0 aliphatic heterocycles. The van der Waals surface area contributed by atoms with Crippen LogP contribution in [0.5, 0.6) is 0 Å². The molecule has 0 amide bonds. The summed E-state index contributed by atoms with van der Waals surface area (Å²) in [4.78, 5) is 2.34. The van der Waals surface area contributed by atoms with Gasteiger partial charge in [0.2, 0.25) is 0 Å². The molecule has 5 heteroatoms. The van der Waals surface area contributed by atoms with Gasteiger partial charge in [-0.25, -0.2) is 0 Å². The van der Waals surface area contributed by atoms with E-state index in [9.17, 15) is 5.26 Å². The molecule has 0 radical (unpaired) electrons. The number of aryl methyl sites for hydroxylation is 1. The van der Waals surface area contributed by atoms with Gasteiger partial charge in [0.05, 0.1) is 12.3 Å². The number of aromatic nitrogens is 2. The molecular weight excluding hydrogens is 238 g/mol. The molecule has 0 spiro atoms. The maximum Gasteiger partial charge on any atom is 0.124 e. The third kappa shape index (κ3) is 5.01. The van der Waals surface area contributed by atoms with Crippen LogP contribution in [0, 0.1) is 11.3 Å². The number of nitrogens with one attached hydrogen (secondary N) is 1. The zero-order chi connectivity index (χ0) is 14.1. The quantitative estimate of drug-likeness (QED) is 0.738. The molecule has 0 saturated heterocycles. The summed E-state index contributed by atoms with van der Waals surface area (Å²) in [5, 5.41) is 16.8. The molecule has 0 aromatic carbocycles. The van der Waals surface area contributed by atoms with Crippen molar-refractivity contribution in [2.45, 2.75) is 39.8 Å². The van der Waals surface area contributed by atoms with E-state index < -0.39 is 0 Å². The first-order valence-corrected chi connectivity index (χ1v) is 7.12. The minimum absolute atomic E-state index is 0.263. The normalized spacial score (nSPS) is 12.6. The molecule has 106 valence electrons. The number of hydrogen-bond donors (Lipinski definition) is 1. The summed E-state index contributed by atoms with van der Waals surface area (Å²) in [6.45, 7) is 11.2. The van der Waals surface area contributed by atoms with Crippen molar-refractivity contribution in [2.75, 3.05) is 26.2 Å². The minimum atomic E-state index is -0.263. The van der Waals surface area contributed by atoms with Crippen LogP contribution in [0.2, 0.25) is 0 Å². The molecule has 1 N–H and O–H groups in total. The van der Waals surface area contributed by atoms with E-state index in [2.05, 4.69) is 42.2 Å². The molecule has 0 fully saturated rings. The van der Waals surface area contributed by atoms with E-state index in [-0.39, 0.29) is 6.04 Å². The summed E-state index contributed by atoms with van der Waals surface area (Å²) in [5.41, 5.74) is 0.954. The third-order valence-electron chi connectivity index (χ3n) is 3.24. The lowest BCUT2D eigenvalue weighted by atomic mass is 10.2. The molecule has 1 atom stereocenters. The highest BCUT2D eigenvalue weighted by Crippen LogP contribution is 2.10. The summed E-state index contributed by atoms with van der Waals surface area (Å²) >= 11 is 0. The van der Waals surface area contributed by atoms with Gasteiger partial charge in [0.15, 0.2) is 0 Å². The highest BCUT2D eigenvalue weighted by molar-refractivity contribution is 5.17. The molecule has 1 aromatic rings. The van der Waals surface area contributed by atoms with Crippen molar-refractivity contribution < 1.29 is 0 Å². The fourth-order valence-electron chi connectivity index (χ4n) is 2.02. The summed E-state index contributed by atoms with van der Waals surface area (Å²) in [6.07, 6.45) is 4.80. The number of nitriles is 1. The fourth-order valence-corrected chi connectivity index (χ4v) is 2.02. The maximum atomic E-state index is 9.24. The topological polar surface area (TPSA) is 56.9 Å². The lowest BCUT2D eigenvalue weighted by molar-refractivity contribution is 0.300. The van der Waals surface area contributed by atoms with Crippen LogP contribution in [0.1, 0.15) is 38.8 Å². The number of rotatable bonds is 9. The predicted molar refractivity (Wildman–Crippen MR) is 76.7 cm³/mol. The van der Waals surface area contributed by atoms with Crippen molar-refractivity contribution in [3.63, 3.8) is 0 Å². The van der Waals surface area contributed by atoms with Crippen LogP contribution < -0.4 is 5.32 Å². The van der Waals surface area contributed by atoms with Crippen LogP contribution in [-0.4, -0.2) is 40.9 Å². The summed E-state index contributed by atoms with van der Waals surface area (Å²) < 4.78 is 1.89. The second-order valence-corrected chi connectivity index (χ2v) is 4.58. The van der Waals surface area contributed by atoms with E-state index in [0.29, 0.717) is 0 Å². The SMILES string of the molecule is CCCn1cc(C(C#N)NCCN(CC)CC)cn1. The molecular formula is C14H25N5. The molecule has 1 rings (SSSR count). The van der Waals surface area contributed by atoms with Crippen LogP contribution in [-0.2, 0) is 6.54 Å². The maximum absolute atomic E-state index is 9.24. The Kier molecular flexibility index (Phi) is 7.16. The van der Waals surface area contributed by atoms with E-state index in [1.54, 1.807) is 6.20 Å². The Morgan fingerprint density at radius 3 is 2.74 bits per heavy atom. The largest absolute Gasteiger partial charge is 0.303 e. The monoisotopic (exact) mass is 263 g/mol.